The van der Waals surface area contributed by atoms with Crippen LogP contribution in [0.25, 0.3) is 10.9 Å². The molecule has 2 aromatic carbocycles. The van der Waals surface area contributed by atoms with Crippen LogP contribution in [0, 0.1) is 6.92 Å². The van der Waals surface area contributed by atoms with Gasteiger partial charge in [-0.15, -0.1) is 0 Å². The number of aryl methyl sites for hydroxylation is 1. The molecule has 0 unspecified atom stereocenters. The van der Waals surface area contributed by atoms with Crippen LogP contribution < -0.4 is 5.56 Å². The van der Waals surface area contributed by atoms with Crippen LogP contribution >= 0.6 is 0 Å². The first-order valence-electron chi connectivity index (χ1n) is 9.50. The number of nitrogens with one attached hydrogen (secondary N) is 1. The zero-order chi connectivity index (χ0) is 21.1. The third-order valence-electron chi connectivity index (χ3n) is 4.89. The van der Waals surface area contributed by atoms with Crippen LogP contribution in [0.2, 0.25) is 0 Å². The van der Waals surface area contributed by atoms with Crippen molar-refractivity contribution < 1.29 is 8.42 Å². The van der Waals surface area contributed by atoms with E-state index in [-0.39, 0.29) is 23.5 Å². The van der Waals surface area contributed by atoms with Crippen molar-refractivity contribution >= 4 is 20.9 Å². The van der Waals surface area contributed by atoms with Crippen LogP contribution in [0.1, 0.15) is 16.7 Å². The summed E-state index contributed by atoms with van der Waals surface area (Å²) < 4.78 is 28.0. The van der Waals surface area contributed by atoms with Crippen molar-refractivity contribution in [3.05, 3.63) is 106 Å². The van der Waals surface area contributed by atoms with Gasteiger partial charge in [0.2, 0.25) is 10.0 Å². The van der Waals surface area contributed by atoms with Crippen molar-refractivity contribution in [2.45, 2.75) is 24.9 Å². The van der Waals surface area contributed by atoms with Crippen molar-refractivity contribution in [1.29, 1.82) is 0 Å². The number of fused-ring (bicyclic) bond motifs is 1. The topological polar surface area (TPSA) is 83.1 Å². The van der Waals surface area contributed by atoms with Gasteiger partial charge in [0.15, 0.2) is 0 Å². The van der Waals surface area contributed by atoms with Gasteiger partial charge in [-0.3, -0.25) is 9.78 Å². The van der Waals surface area contributed by atoms with E-state index in [1.165, 1.54) is 4.31 Å². The summed E-state index contributed by atoms with van der Waals surface area (Å²) in [4.78, 5) is 19.8. The van der Waals surface area contributed by atoms with Gasteiger partial charge in [0.25, 0.3) is 5.56 Å². The van der Waals surface area contributed by atoms with E-state index in [9.17, 15) is 13.2 Å². The minimum atomic E-state index is -3.82. The van der Waals surface area contributed by atoms with Crippen LogP contribution in [0.4, 0.5) is 0 Å². The summed E-state index contributed by atoms with van der Waals surface area (Å²) in [6, 6.07) is 19.3. The quantitative estimate of drug-likeness (QED) is 0.517. The second-order valence-electron chi connectivity index (χ2n) is 7.16. The molecule has 0 aliphatic rings. The van der Waals surface area contributed by atoms with Gasteiger partial charge >= 0.3 is 0 Å². The lowest BCUT2D eigenvalue weighted by molar-refractivity contribution is 0.399. The molecule has 4 rings (SSSR count). The monoisotopic (exact) mass is 419 g/mol. The zero-order valence-corrected chi connectivity index (χ0v) is 17.3. The summed E-state index contributed by atoms with van der Waals surface area (Å²) in [7, 11) is -3.82. The molecule has 152 valence electrons. The highest BCUT2D eigenvalue weighted by molar-refractivity contribution is 7.89. The van der Waals surface area contributed by atoms with Crippen molar-refractivity contribution in [2.75, 3.05) is 0 Å². The molecule has 2 aromatic heterocycles. The Morgan fingerprint density at radius 2 is 1.77 bits per heavy atom. The van der Waals surface area contributed by atoms with E-state index >= 15 is 0 Å². The maximum atomic E-state index is 13.4. The number of sulfonamides is 1. The molecule has 4 aromatic rings. The Kier molecular flexibility index (Phi) is 5.48. The Bertz CT molecular complexity index is 1330. The van der Waals surface area contributed by atoms with E-state index in [2.05, 4.69) is 9.97 Å². The predicted molar refractivity (Wildman–Crippen MR) is 116 cm³/mol. The van der Waals surface area contributed by atoms with Gasteiger partial charge in [-0.2, -0.15) is 4.31 Å². The molecule has 0 aliphatic carbocycles. The van der Waals surface area contributed by atoms with Crippen LogP contribution in [0.5, 0.6) is 0 Å². The highest BCUT2D eigenvalue weighted by Gasteiger charge is 2.26. The number of aromatic nitrogens is 2. The minimum absolute atomic E-state index is 0.0503. The van der Waals surface area contributed by atoms with Crippen LogP contribution in [-0.4, -0.2) is 22.7 Å². The van der Waals surface area contributed by atoms with E-state index < -0.39 is 10.0 Å². The van der Waals surface area contributed by atoms with E-state index in [1.54, 1.807) is 54.9 Å². The lowest BCUT2D eigenvalue weighted by Crippen LogP contribution is -2.32. The van der Waals surface area contributed by atoms with Crippen molar-refractivity contribution in [3.63, 3.8) is 0 Å². The molecular weight excluding hydrogens is 398 g/mol. The second kappa shape index (κ2) is 8.22. The molecule has 0 amide bonds. The first-order chi connectivity index (χ1) is 14.4. The molecule has 0 saturated carbocycles. The number of aromatic amines is 1. The number of H-pyrrole nitrogens is 1. The maximum Gasteiger partial charge on any atom is 0.252 e. The smallest absolute Gasteiger partial charge is 0.252 e. The van der Waals surface area contributed by atoms with Gasteiger partial charge in [-0.1, -0.05) is 35.9 Å². The summed E-state index contributed by atoms with van der Waals surface area (Å²) >= 11 is 0. The van der Waals surface area contributed by atoms with Crippen molar-refractivity contribution in [1.82, 2.24) is 14.3 Å². The molecule has 0 aliphatic heterocycles. The van der Waals surface area contributed by atoms with Crippen LogP contribution in [0.15, 0.2) is 88.8 Å². The highest BCUT2D eigenvalue weighted by Crippen LogP contribution is 2.21. The summed E-state index contributed by atoms with van der Waals surface area (Å²) in [5.41, 5.74) is 2.61. The van der Waals surface area contributed by atoms with Crippen molar-refractivity contribution in [2.24, 2.45) is 0 Å². The van der Waals surface area contributed by atoms with Gasteiger partial charge in [-0.05, 0) is 54.3 Å². The third kappa shape index (κ3) is 4.17. The fraction of sp³-hybridized carbons (Fsp3) is 0.130. The fourth-order valence-corrected chi connectivity index (χ4v) is 4.77. The van der Waals surface area contributed by atoms with Gasteiger partial charge in [0, 0.05) is 36.6 Å². The average molecular weight is 420 g/mol. The zero-order valence-electron chi connectivity index (χ0n) is 16.4. The number of nitrogens with zero attached hydrogens (tertiary/aromatic N) is 2. The third-order valence-corrected chi connectivity index (χ3v) is 6.69. The lowest BCUT2D eigenvalue weighted by atomic mass is 10.1. The summed E-state index contributed by atoms with van der Waals surface area (Å²) in [5, 5.41) is 0.864. The van der Waals surface area contributed by atoms with Crippen molar-refractivity contribution in [3.8, 4) is 0 Å². The standard InChI is InChI=1S/C23H21N3O3S/c1-17-9-10-22-19(12-17)13-20(23(27)25-22)16-26(15-18-6-5-11-24-14-18)30(28,29)21-7-3-2-4-8-21/h2-14H,15-16H2,1H3,(H,25,27). The highest BCUT2D eigenvalue weighted by atomic mass is 32.2. The van der Waals surface area contributed by atoms with E-state index in [0.717, 1.165) is 22.0 Å². The summed E-state index contributed by atoms with van der Waals surface area (Å²) in [6.07, 6.45) is 3.26. The summed E-state index contributed by atoms with van der Waals surface area (Å²) in [6.45, 7) is 2.03. The Hall–Kier alpha value is -3.29. The molecule has 30 heavy (non-hydrogen) atoms. The molecule has 0 radical (unpaired) electrons. The summed E-state index contributed by atoms with van der Waals surface area (Å²) in [5.74, 6) is 0. The van der Waals surface area contributed by atoms with Crippen LogP contribution in [0.3, 0.4) is 0 Å². The molecule has 0 bridgehead atoms. The molecule has 0 fully saturated rings. The van der Waals surface area contributed by atoms with Gasteiger partial charge in [-0.25, -0.2) is 8.42 Å². The maximum absolute atomic E-state index is 13.4. The first-order valence-corrected chi connectivity index (χ1v) is 10.9. The Morgan fingerprint density at radius 3 is 2.50 bits per heavy atom. The van der Waals surface area contributed by atoms with Gasteiger partial charge in [0.05, 0.1) is 4.90 Å². The molecule has 0 saturated heterocycles. The normalized spacial score (nSPS) is 11.8. The van der Waals surface area contributed by atoms with E-state index in [4.69, 9.17) is 0 Å². The number of hydrogen-bond acceptors (Lipinski definition) is 4. The Morgan fingerprint density at radius 1 is 0.967 bits per heavy atom. The fourth-order valence-electron chi connectivity index (χ4n) is 3.34. The molecule has 0 atom stereocenters. The lowest BCUT2D eigenvalue weighted by Gasteiger charge is -2.22. The van der Waals surface area contributed by atoms with Gasteiger partial charge < -0.3 is 4.98 Å². The number of hydrogen-bond donors (Lipinski definition) is 1. The van der Waals surface area contributed by atoms with Gasteiger partial charge in [0.1, 0.15) is 0 Å². The largest absolute Gasteiger partial charge is 0.322 e. The van der Waals surface area contributed by atoms with E-state index in [0.29, 0.717) is 5.56 Å². The molecule has 2 heterocycles. The number of pyridine rings is 2. The first kappa shape index (κ1) is 20.0. The average Bonchev–Trinajstić information content (AvgIpc) is 2.75. The Balaban J connectivity index is 1.77. The SMILES string of the molecule is Cc1ccc2[nH]c(=O)c(CN(Cc3cccnc3)S(=O)(=O)c3ccccc3)cc2c1. The molecule has 6 nitrogen and oxygen atoms in total. The molecule has 0 spiro atoms. The Labute approximate surface area is 174 Å². The van der Waals surface area contributed by atoms with E-state index in [1.807, 2.05) is 31.2 Å². The number of benzene rings is 2. The predicted octanol–water partition coefficient (Wildman–Crippen LogP) is 3.62. The molecular formula is C23H21N3O3S. The molecule has 1 N–H and O–H groups in total. The molecule has 7 heteroatoms. The second-order valence-corrected chi connectivity index (χ2v) is 9.10. The minimum Gasteiger partial charge on any atom is -0.322 e. The van der Waals surface area contributed by atoms with Crippen LogP contribution in [-0.2, 0) is 23.1 Å². The number of rotatable bonds is 6.